The minimum atomic E-state index is 0.0688. The molecule has 2 aliphatic heterocycles. The Morgan fingerprint density at radius 2 is 2.00 bits per heavy atom. The lowest BCUT2D eigenvalue weighted by atomic mass is 9.91. The molecule has 1 aromatic heterocycles. The summed E-state index contributed by atoms with van der Waals surface area (Å²) in [6.07, 6.45) is 9.28. The quantitative estimate of drug-likeness (QED) is 0.819. The Morgan fingerprint density at radius 1 is 1.14 bits per heavy atom. The Morgan fingerprint density at radius 3 is 2.89 bits per heavy atom. The van der Waals surface area contributed by atoms with Gasteiger partial charge in [-0.15, -0.1) is 0 Å². The first-order valence-corrected chi connectivity index (χ1v) is 9.84. The normalized spacial score (nSPS) is 23.0. The fourth-order valence-electron chi connectivity index (χ4n) is 3.79. The van der Waals surface area contributed by atoms with Crippen molar-refractivity contribution >= 4 is 29.4 Å². The van der Waals surface area contributed by atoms with E-state index in [1.165, 1.54) is 6.34 Å². The summed E-state index contributed by atoms with van der Waals surface area (Å²) in [4.78, 5) is 24.7. The van der Waals surface area contributed by atoms with Crippen LogP contribution >= 0.6 is 0 Å². The van der Waals surface area contributed by atoms with Crippen LogP contribution in [-0.4, -0.2) is 66.1 Å². The standard InChI is InChI=1S/C21H25N5O2/c27-20-6-10-23-16-22-9-3-11-26(20)15-14-25-12-7-17(8-13-25)21-18-4-1-2-5-19(18)28-24-21/h1-5,10-11,16-17H,6-9,12-15H2/b11-3-,22-16-,23-10-. The van der Waals surface area contributed by atoms with Gasteiger partial charge in [0, 0.05) is 36.8 Å². The first-order chi connectivity index (χ1) is 13.8. The number of benzene rings is 1. The smallest absolute Gasteiger partial charge is 0.231 e. The van der Waals surface area contributed by atoms with Crippen LogP contribution in [0, 0.1) is 0 Å². The lowest BCUT2D eigenvalue weighted by molar-refractivity contribution is -0.127. The van der Waals surface area contributed by atoms with Gasteiger partial charge in [-0.25, -0.2) is 4.99 Å². The highest BCUT2D eigenvalue weighted by atomic mass is 16.5. The van der Waals surface area contributed by atoms with Crippen LogP contribution in [0.3, 0.4) is 0 Å². The fourth-order valence-corrected chi connectivity index (χ4v) is 3.79. The van der Waals surface area contributed by atoms with Gasteiger partial charge in [0.05, 0.1) is 18.7 Å². The van der Waals surface area contributed by atoms with E-state index in [1.54, 1.807) is 11.1 Å². The van der Waals surface area contributed by atoms with Crippen molar-refractivity contribution in [1.29, 1.82) is 0 Å². The topological polar surface area (TPSA) is 74.3 Å². The van der Waals surface area contributed by atoms with E-state index in [-0.39, 0.29) is 5.91 Å². The number of likely N-dealkylation sites (tertiary alicyclic amines) is 1. The number of hydrogen-bond acceptors (Lipinski definition) is 6. The van der Waals surface area contributed by atoms with Gasteiger partial charge in [0.25, 0.3) is 0 Å². The Hall–Kier alpha value is -2.80. The van der Waals surface area contributed by atoms with E-state index in [4.69, 9.17) is 4.52 Å². The lowest BCUT2D eigenvalue weighted by Gasteiger charge is -2.32. The monoisotopic (exact) mass is 379 g/mol. The van der Waals surface area contributed by atoms with Crippen molar-refractivity contribution in [3.05, 3.63) is 42.2 Å². The van der Waals surface area contributed by atoms with Crippen LogP contribution < -0.4 is 0 Å². The molecular formula is C21H25N5O2. The second kappa shape index (κ2) is 8.93. The van der Waals surface area contributed by atoms with Crippen LogP contribution in [0.1, 0.15) is 30.9 Å². The number of aliphatic imine (C=N–C) groups is 2. The maximum atomic E-state index is 12.3. The average molecular weight is 379 g/mol. The maximum Gasteiger partial charge on any atom is 0.231 e. The maximum absolute atomic E-state index is 12.3. The first kappa shape index (κ1) is 18.6. The van der Waals surface area contributed by atoms with E-state index >= 15 is 0 Å². The van der Waals surface area contributed by atoms with E-state index < -0.39 is 0 Å². The van der Waals surface area contributed by atoms with Crippen LogP contribution in [-0.2, 0) is 4.79 Å². The van der Waals surface area contributed by atoms with Crippen LogP contribution in [0.4, 0.5) is 0 Å². The van der Waals surface area contributed by atoms with E-state index in [0.29, 0.717) is 25.4 Å². The average Bonchev–Trinajstić information content (AvgIpc) is 3.16. The number of carbonyl (C=O) groups is 1. The summed E-state index contributed by atoms with van der Waals surface area (Å²) in [6, 6.07) is 8.06. The zero-order valence-electron chi connectivity index (χ0n) is 15.9. The van der Waals surface area contributed by atoms with Crippen molar-refractivity contribution < 1.29 is 9.32 Å². The van der Waals surface area contributed by atoms with Crippen LogP contribution in [0.25, 0.3) is 11.0 Å². The second-order valence-electron chi connectivity index (χ2n) is 7.17. The van der Waals surface area contributed by atoms with Crippen molar-refractivity contribution in [3.63, 3.8) is 0 Å². The molecule has 146 valence electrons. The van der Waals surface area contributed by atoms with Crippen molar-refractivity contribution in [2.24, 2.45) is 9.98 Å². The summed E-state index contributed by atoms with van der Waals surface area (Å²) in [5.41, 5.74) is 1.95. The van der Waals surface area contributed by atoms with Crippen molar-refractivity contribution in [2.45, 2.75) is 25.2 Å². The van der Waals surface area contributed by atoms with Gasteiger partial charge in [-0.2, -0.15) is 0 Å². The third-order valence-corrected chi connectivity index (χ3v) is 5.37. The van der Waals surface area contributed by atoms with E-state index in [1.807, 2.05) is 30.5 Å². The summed E-state index contributed by atoms with van der Waals surface area (Å²) >= 11 is 0. The summed E-state index contributed by atoms with van der Waals surface area (Å²) in [6.45, 7) is 4.10. The largest absolute Gasteiger partial charge is 0.356 e. The second-order valence-corrected chi connectivity index (χ2v) is 7.17. The predicted molar refractivity (Wildman–Crippen MR) is 110 cm³/mol. The van der Waals surface area contributed by atoms with Gasteiger partial charge in [-0.05, 0) is 44.1 Å². The Bertz CT molecular complexity index is 893. The van der Waals surface area contributed by atoms with Gasteiger partial charge in [0.1, 0.15) is 6.34 Å². The highest BCUT2D eigenvalue weighted by Crippen LogP contribution is 2.32. The number of nitrogens with zero attached hydrogens (tertiary/aromatic N) is 5. The number of rotatable bonds is 4. The summed E-state index contributed by atoms with van der Waals surface area (Å²) in [5, 5.41) is 5.46. The van der Waals surface area contributed by atoms with Crippen molar-refractivity contribution in [3.8, 4) is 0 Å². The molecule has 0 spiro atoms. The molecule has 0 radical (unpaired) electrons. The predicted octanol–water partition coefficient (Wildman–Crippen LogP) is 2.85. The van der Waals surface area contributed by atoms with Gasteiger partial charge >= 0.3 is 0 Å². The highest BCUT2D eigenvalue weighted by Gasteiger charge is 2.25. The number of fused-ring (bicyclic) bond motifs is 1. The molecule has 0 bridgehead atoms. The molecule has 4 rings (SSSR count). The molecule has 0 N–H and O–H groups in total. The molecule has 0 saturated carbocycles. The number of carbonyl (C=O) groups excluding carboxylic acids is 1. The molecule has 1 fully saturated rings. The zero-order chi connectivity index (χ0) is 19.2. The number of piperidine rings is 1. The molecule has 0 atom stereocenters. The highest BCUT2D eigenvalue weighted by molar-refractivity contribution is 5.92. The molecule has 1 aromatic carbocycles. The molecule has 3 heterocycles. The summed E-state index contributed by atoms with van der Waals surface area (Å²) < 4.78 is 5.47. The van der Waals surface area contributed by atoms with Gasteiger partial charge < -0.3 is 14.3 Å². The molecule has 1 amide bonds. The van der Waals surface area contributed by atoms with E-state index in [2.05, 4.69) is 26.1 Å². The van der Waals surface area contributed by atoms with Crippen molar-refractivity contribution in [2.75, 3.05) is 32.7 Å². The molecule has 2 aromatic rings. The van der Waals surface area contributed by atoms with Gasteiger partial charge in [-0.1, -0.05) is 17.3 Å². The molecule has 7 nitrogen and oxygen atoms in total. The van der Waals surface area contributed by atoms with Gasteiger partial charge in [-0.3, -0.25) is 9.79 Å². The van der Waals surface area contributed by atoms with Crippen LogP contribution in [0.5, 0.6) is 0 Å². The molecule has 2 aliphatic rings. The minimum Gasteiger partial charge on any atom is -0.356 e. The van der Waals surface area contributed by atoms with Crippen molar-refractivity contribution in [1.82, 2.24) is 15.0 Å². The number of hydrogen-bond donors (Lipinski definition) is 0. The Balaban J connectivity index is 1.31. The summed E-state index contributed by atoms with van der Waals surface area (Å²) in [7, 11) is 0. The Labute approximate surface area is 164 Å². The number of amides is 1. The van der Waals surface area contributed by atoms with E-state index in [0.717, 1.165) is 49.1 Å². The Kier molecular flexibility index (Phi) is 5.92. The van der Waals surface area contributed by atoms with Crippen LogP contribution in [0.2, 0.25) is 0 Å². The first-order valence-electron chi connectivity index (χ1n) is 9.84. The summed E-state index contributed by atoms with van der Waals surface area (Å²) in [5.74, 6) is 0.503. The third-order valence-electron chi connectivity index (χ3n) is 5.37. The molecule has 0 unspecified atom stereocenters. The minimum absolute atomic E-state index is 0.0688. The third kappa shape index (κ3) is 4.36. The van der Waals surface area contributed by atoms with E-state index in [9.17, 15) is 4.79 Å². The molecule has 28 heavy (non-hydrogen) atoms. The zero-order valence-corrected chi connectivity index (χ0v) is 15.9. The SMILES string of the molecule is O=C1C/C=N\C=N/C/C=C\N1CCN1CCC(c2noc3ccccc23)CC1. The number of para-hydroxylation sites is 1. The lowest BCUT2D eigenvalue weighted by Crippen LogP contribution is -2.39. The molecular weight excluding hydrogens is 354 g/mol. The molecule has 7 heteroatoms. The van der Waals surface area contributed by atoms with Crippen LogP contribution in [0.15, 0.2) is 51.0 Å². The van der Waals surface area contributed by atoms with Gasteiger partial charge in [0.15, 0.2) is 5.58 Å². The number of aromatic nitrogens is 1. The van der Waals surface area contributed by atoms with Gasteiger partial charge in [0.2, 0.25) is 5.91 Å². The molecule has 0 aliphatic carbocycles. The molecule has 1 saturated heterocycles. The fraction of sp³-hybridized carbons (Fsp3) is 0.429.